The normalized spacial score (nSPS) is 10.3. The summed E-state index contributed by atoms with van der Waals surface area (Å²) < 4.78 is 5.15. The molecule has 1 aromatic carbocycles. The molecule has 0 spiro atoms. The van der Waals surface area contributed by atoms with Crippen LogP contribution < -0.4 is 4.74 Å². The van der Waals surface area contributed by atoms with E-state index in [9.17, 15) is 4.79 Å². The molecule has 0 atom stereocenters. The van der Waals surface area contributed by atoms with E-state index >= 15 is 0 Å². The van der Waals surface area contributed by atoms with Gasteiger partial charge in [0.1, 0.15) is 5.75 Å². The topological polar surface area (TPSA) is 45.3 Å². The fourth-order valence-electron chi connectivity index (χ4n) is 2.00. The molecule has 0 fully saturated rings. The van der Waals surface area contributed by atoms with Crippen molar-refractivity contribution >= 4 is 5.91 Å². The molecule has 0 aliphatic heterocycles. The Morgan fingerprint density at radius 3 is 2.55 bits per heavy atom. The van der Waals surface area contributed by atoms with Crippen LogP contribution in [0.5, 0.6) is 5.75 Å². The van der Waals surface area contributed by atoms with Crippen LogP contribution >= 0.6 is 0 Å². The van der Waals surface area contributed by atoms with Crippen molar-refractivity contribution in [3.05, 3.63) is 42.1 Å². The second-order valence-electron chi connectivity index (χ2n) is 4.94. The van der Waals surface area contributed by atoms with Crippen molar-refractivity contribution in [2.75, 3.05) is 21.2 Å². The second-order valence-corrected chi connectivity index (χ2v) is 4.94. The van der Waals surface area contributed by atoms with Crippen molar-refractivity contribution in [2.24, 2.45) is 0 Å². The first kappa shape index (κ1) is 14.2. The third-order valence-electron chi connectivity index (χ3n) is 3.27. The van der Waals surface area contributed by atoms with E-state index in [1.165, 1.54) is 0 Å². The Hall–Kier alpha value is -2.23. The number of nitrogens with one attached hydrogen (secondary N) is 1. The van der Waals surface area contributed by atoms with Crippen LogP contribution in [-0.2, 0) is 11.2 Å². The second kappa shape index (κ2) is 6.28. The van der Waals surface area contributed by atoms with Gasteiger partial charge in [0.05, 0.1) is 7.11 Å². The first-order valence-electron chi connectivity index (χ1n) is 6.62. The average Bonchev–Trinajstić information content (AvgIpc) is 2.93. The van der Waals surface area contributed by atoms with E-state index in [1.807, 2.05) is 30.5 Å². The zero-order chi connectivity index (χ0) is 14.5. The SMILES string of the molecule is COc1ccc(-c2cc(CCC(=O)N(C)C)c[nH]2)cc1. The van der Waals surface area contributed by atoms with Gasteiger partial charge in [0, 0.05) is 32.4 Å². The molecular weight excluding hydrogens is 252 g/mol. The van der Waals surface area contributed by atoms with Gasteiger partial charge in [-0.3, -0.25) is 4.79 Å². The Balaban J connectivity index is 2.02. The predicted octanol–water partition coefficient (Wildman–Crippen LogP) is 2.71. The lowest BCUT2D eigenvalue weighted by Gasteiger charge is -2.08. The first-order chi connectivity index (χ1) is 9.60. The van der Waals surface area contributed by atoms with Crippen LogP contribution in [0.2, 0.25) is 0 Å². The number of nitrogens with zero attached hydrogens (tertiary/aromatic N) is 1. The average molecular weight is 272 g/mol. The van der Waals surface area contributed by atoms with E-state index in [1.54, 1.807) is 26.1 Å². The standard InChI is InChI=1S/C16H20N2O2/c1-18(2)16(19)9-4-12-10-15(17-11-12)13-5-7-14(20-3)8-6-13/h5-8,10-11,17H,4,9H2,1-3H3. The number of ether oxygens (including phenoxy) is 1. The fourth-order valence-corrected chi connectivity index (χ4v) is 2.00. The molecule has 4 nitrogen and oxygen atoms in total. The zero-order valence-corrected chi connectivity index (χ0v) is 12.1. The minimum absolute atomic E-state index is 0.150. The van der Waals surface area contributed by atoms with Gasteiger partial charge >= 0.3 is 0 Å². The number of carbonyl (C=O) groups excluding carboxylic acids is 1. The number of aromatic amines is 1. The maximum Gasteiger partial charge on any atom is 0.222 e. The van der Waals surface area contributed by atoms with Crippen LogP contribution in [0.15, 0.2) is 36.5 Å². The summed E-state index contributed by atoms with van der Waals surface area (Å²) >= 11 is 0. The highest BCUT2D eigenvalue weighted by molar-refractivity contribution is 5.75. The molecule has 0 aliphatic rings. The summed E-state index contributed by atoms with van der Waals surface area (Å²) in [7, 11) is 5.22. The molecule has 0 radical (unpaired) electrons. The molecule has 0 saturated carbocycles. The summed E-state index contributed by atoms with van der Waals surface area (Å²) in [6.45, 7) is 0. The third-order valence-corrected chi connectivity index (χ3v) is 3.27. The number of aromatic nitrogens is 1. The molecule has 4 heteroatoms. The number of benzene rings is 1. The summed E-state index contributed by atoms with van der Waals surface area (Å²) in [6.07, 6.45) is 3.25. The maximum atomic E-state index is 11.6. The number of carbonyl (C=O) groups is 1. The van der Waals surface area contributed by atoms with Crippen LogP contribution in [0.3, 0.4) is 0 Å². The number of amides is 1. The van der Waals surface area contributed by atoms with Gasteiger partial charge in [0.2, 0.25) is 5.91 Å². The van der Waals surface area contributed by atoms with Crippen LogP contribution in [0.4, 0.5) is 0 Å². The molecule has 2 rings (SSSR count). The first-order valence-corrected chi connectivity index (χ1v) is 6.62. The van der Waals surface area contributed by atoms with Crippen molar-refractivity contribution in [3.8, 4) is 17.0 Å². The summed E-state index contributed by atoms with van der Waals surface area (Å²) in [6, 6.07) is 9.99. The largest absolute Gasteiger partial charge is 0.497 e. The molecule has 1 N–H and O–H groups in total. The molecule has 0 bridgehead atoms. The van der Waals surface area contributed by atoms with Gasteiger partial charge in [-0.2, -0.15) is 0 Å². The monoisotopic (exact) mass is 272 g/mol. The molecule has 1 amide bonds. The number of hydrogen-bond acceptors (Lipinski definition) is 2. The Bertz CT molecular complexity index is 570. The quantitative estimate of drug-likeness (QED) is 0.909. The molecule has 2 aromatic rings. The molecule has 0 saturated heterocycles. The van der Waals surface area contributed by atoms with Gasteiger partial charge in [-0.1, -0.05) is 0 Å². The van der Waals surface area contributed by atoms with Crippen LogP contribution in [-0.4, -0.2) is 37.0 Å². The van der Waals surface area contributed by atoms with Crippen molar-refractivity contribution in [1.29, 1.82) is 0 Å². The highest BCUT2D eigenvalue weighted by Gasteiger charge is 2.07. The van der Waals surface area contributed by atoms with Gasteiger partial charge in [0.25, 0.3) is 0 Å². The maximum absolute atomic E-state index is 11.6. The van der Waals surface area contributed by atoms with E-state index in [-0.39, 0.29) is 5.91 Å². The van der Waals surface area contributed by atoms with E-state index in [0.717, 1.165) is 29.0 Å². The Kier molecular flexibility index (Phi) is 4.45. The summed E-state index contributed by atoms with van der Waals surface area (Å²) in [4.78, 5) is 16.4. The fraction of sp³-hybridized carbons (Fsp3) is 0.312. The number of aryl methyl sites for hydroxylation is 1. The van der Waals surface area contributed by atoms with Crippen molar-refractivity contribution < 1.29 is 9.53 Å². The van der Waals surface area contributed by atoms with Gasteiger partial charge in [-0.05, 0) is 47.9 Å². The molecule has 1 heterocycles. The summed E-state index contributed by atoms with van der Waals surface area (Å²) in [5.74, 6) is 0.995. The minimum Gasteiger partial charge on any atom is -0.497 e. The number of hydrogen-bond donors (Lipinski definition) is 1. The number of rotatable bonds is 5. The minimum atomic E-state index is 0.150. The molecular formula is C16H20N2O2. The molecule has 1 aromatic heterocycles. The smallest absolute Gasteiger partial charge is 0.222 e. The van der Waals surface area contributed by atoms with E-state index in [2.05, 4.69) is 11.1 Å². The van der Waals surface area contributed by atoms with Crippen molar-refractivity contribution in [2.45, 2.75) is 12.8 Å². The lowest BCUT2D eigenvalue weighted by atomic mass is 10.1. The number of methoxy groups -OCH3 is 1. The Morgan fingerprint density at radius 2 is 1.95 bits per heavy atom. The predicted molar refractivity (Wildman–Crippen MR) is 79.8 cm³/mol. The molecule has 106 valence electrons. The van der Waals surface area contributed by atoms with E-state index in [4.69, 9.17) is 4.74 Å². The summed E-state index contributed by atoms with van der Waals surface area (Å²) in [5.41, 5.74) is 3.31. The zero-order valence-electron chi connectivity index (χ0n) is 12.1. The molecule has 0 aliphatic carbocycles. The molecule has 20 heavy (non-hydrogen) atoms. The lowest BCUT2D eigenvalue weighted by molar-refractivity contribution is -0.128. The Morgan fingerprint density at radius 1 is 1.25 bits per heavy atom. The highest BCUT2D eigenvalue weighted by Crippen LogP contribution is 2.22. The van der Waals surface area contributed by atoms with E-state index < -0.39 is 0 Å². The van der Waals surface area contributed by atoms with E-state index in [0.29, 0.717) is 6.42 Å². The van der Waals surface area contributed by atoms with Crippen LogP contribution in [0.1, 0.15) is 12.0 Å². The van der Waals surface area contributed by atoms with Gasteiger partial charge in [-0.25, -0.2) is 0 Å². The van der Waals surface area contributed by atoms with Crippen molar-refractivity contribution in [3.63, 3.8) is 0 Å². The lowest BCUT2D eigenvalue weighted by Crippen LogP contribution is -2.21. The number of H-pyrrole nitrogens is 1. The molecule has 0 unspecified atom stereocenters. The van der Waals surface area contributed by atoms with Gasteiger partial charge in [0.15, 0.2) is 0 Å². The summed E-state index contributed by atoms with van der Waals surface area (Å²) in [5, 5.41) is 0. The van der Waals surface area contributed by atoms with Gasteiger partial charge in [-0.15, -0.1) is 0 Å². The Labute approximate surface area is 119 Å². The third kappa shape index (κ3) is 3.41. The van der Waals surface area contributed by atoms with Crippen molar-refractivity contribution in [1.82, 2.24) is 9.88 Å². The van der Waals surface area contributed by atoms with Crippen LogP contribution in [0, 0.1) is 0 Å². The van der Waals surface area contributed by atoms with Crippen LogP contribution in [0.25, 0.3) is 11.3 Å². The highest BCUT2D eigenvalue weighted by atomic mass is 16.5. The van der Waals surface area contributed by atoms with Gasteiger partial charge < -0.3 is 14.6 Å².